The van der Waals surface area contributed by atoms with Gasteiger partial charge < -0.3 is 0 Å². The monoisotopic (exact) mass is 201 g/mol. The van der Waals surface area contributed by atoms with Crippen molar-refractivity contribution in [2.24, 2.45) is 0 Å². The van der Waals surface area contributed by atoms with Gasteiger partial charge in [0.2, 0.25) is 0 Å². The molecule has 0 spiro atoms. The van der Waals surface area contributed by atoms with Crippen LogP contribution < -0.4 is 13.6 Å². The van der Waals surface area contributed by atoms with Crippen molar-refractivity contribution >= 4 is 4.16 Å². The molecule has 0 saturated carbocycles. The van der Waals surface area contributed by atoms with Gasteiger partial charge in [0, 0.05) is 0 Å². The maximum absolute atomic E-state index is 5.11. The first-order chi connectivity index (χ1) is 5.27. The molecule has 0 saturated heterocycles. The predicted molar refractivity (Wildman–Crippen MR) is 39.2 cm³/mol. The van der Waals surface area contributed by atoms with Gasteiger partial charge in [0.1, 0.15) is 0 Å². The van der Waals surface area contributed by atoms with Crippen LogP contribution in [0.3, 0.4) is 0 Å². The van der Waals surface area contributed by atoms with Crippen LogP contribution in [-0.4, -0.2) is 14.2 Å². The van der Waals surface area contributed by atoms with E-state index in [2.05, 4.69) is 0 Å². The number of benzene rings is 1. The zero-order valence-electron chi connectivity index (χ0n) is 6.76. The maximum atomic E-state index is 5.11. The quantitative estimate of drug-likeness (QED) is 0.663. The summed E-state index contributed by atoms with van der Waals surface area (Å²) in [6.45, 7) is 0. The number of hydrogen-bond acceptors (Lipinski definition) is 2. The van der Waals surface area contributed by atoms with Gasteiger partial charge in [-0.15, -0.1) is 0 Å². The Kier molecular flexibility index (Phi) is 2.89. The molecule has 1 aromatic rings. The number of rotatable bonds is 2. The molecule has 3 heteroatoms. The molecular formula is C8H9O2Zn. The Morgan fingerprint density at radius 1 is 1.09 bits per heavy atom. The number of ether oxygens (including phenoxy) is 2. The molecule has 0 aliphatic rings. The van der Waals surface area contributed by atoms with Crippen LogP contribution in [0.25, 0.3) is 0 Å². The van der Waals surface area contributed by atoms with Gasteiger partial charge in [-0.3, -0.25) is 0 Å². The fourth-order valence-corrected chi connectivity index (χ4v) is 1.52. The number of methoxy groups -OCH3 is 2. The summed E-state index contributed by atoms with van der Waals surface area (Å²) < 4.78 is 11.5. The molecule has 0 aromatic heterocycles. The van der Waals surface area contributed by atoms with Gasteiger partial charge in [-0.25, -0.2) is 0 Å². The van der Waals surface area contributed by atoms with E-state index in [0.717, 1.165) is 29.8 Å². The molecule has 0 bridgehead atoms. The van der Waals surface area contributed by atoms with E-state index < -0.39 is 0 Å². The molecule has 1 aromatic carbocycles. The molecule has 0 radical (unpaired) electrons. The van der Waals surface area contributed by atoms with Crippen molar-refractivity contribution in [3.63, 3.8) is 0 Å². The second kappa shape index (κ2) is 3.73. The Morgan fingerprint density at radius 2 is 1.73 bits per heavy atom. The summed E-state index contributed by atoms with van der Waals surface area (Å²) >= 11 is 1.14. The fraction of sp³-hybridized carbons (Fsp3) is 0.250. The first kappa shape index (κ1) is 8.54. The summed E-state index contributed by atoms with van der Waals surface area (Å²) in [4.78, 5) is 0. The van der Waals surface area contributed by atoms with Crippen LogP contribution in [0.4, 0.5) is 0 Å². The van der Waals surface area contributed by atoms with E-state index in [4.69, 9.17) is 9.47 Å². The molecule has 0 unspecified atom stereocenters. The van der Waals surface area contributed by atoms with Crippen molar-refractivity contribution in [3.8, 4) is 11.5 Å². The zero-order valence-corrected chi connectivity index (χ0v) is 9.72. The van der Waals surface area contributed by atoms with E-state index in [-0.39, 0.29) is 0 Å². The van der Waals surface area contributed by atoms with E-state index in [1.54, 1.807) is 14.2 Å². The van der Waals surface area contributed by atoms with Gasteiger partial charge in [0.05, 0.1) is 0 Å². The average Bonchev–Trinajstić information content (AvgIpc) is 2.04. The molecule has 0 atom stereocenters. The van der Waals surface area contributed by atoms with Crippen molar-refractivity contribution < 1.29 is 27.8 Å². The van der Waals surface area contributed by atoms with E-state index in [1.165, 1.54) is 4.16 Å². The van der Waals surface area contributed by atoms with Crippen molar-refractivity contribution in [1.82, 2.24) is 0 Å². The second-order valence-electron chi connectivity index (χ2n) is 2.19. The summed E-state index contributed by atoms with van der Waals surface area (Å²) in [6.07, 6.45) is 0. The van der Waals surface area contributed by atoms with Gasteiger partial charge in [0.15, 0.2) is 0 Å². The molecule has 11 heavy (non-hydrogen) atoms. The van der Waals surface area contributed by atoms with Crippen molar-refractivity contribution in [2.75, 3.05) is 14.2 Å². The topological polar surface area (TPSA) is 18.5 Å². The first-order valence-corrected chi connectivity index (χ1v) is 4.80. The molecule has 0 heterocycles. The van der Waals surface area contributed by atoms with Gasteiger partial charge in [-0.05, 0) is 0 Å². The molecule has 0 N–H and O–H groups in total. The van der Waals surface area contributed by atoms with Crippen molar-refractivity contribution in [1.29, 1.82) is 0 Å². The molecule has 55 valence electrons. The van der Waals surface area contributed by atoms with Crippen LogP contribution in [0.2, 0.25) is 0 Å². The van der Waals surface area contributed by atoms with Crippen LogP contribution in [0.1, 0.15) is 0 Å². The Morgan fingerprint density at radius 3 is 2.27 bits per heavy atom. The van der Waals surface area contributed by atoms with E-state index >= 15 is 0 Å². The van der Waals surface area contributed by atoms with Crippen LogP contribution in [0, 0.1) is 0 Å². The summed E-state index contributed by atoms with van der Waals surface area (Å²) in [5, 5.41) is 0. The summed E-state index contributed by atoms with van der Waals surface area (Å²) in [6, 6.07) is 5.97. The van der Waals surface area contributed by atoms with Gasteiger partial charge >= 0.3 is 75.9 Å². The Labute approximate surface area is 76.2 Å². The third kappa shape index (κ3) is 1.94. The second-order valence-corrected chi connectivity index (χ2v) is 3.90. The van der Waals surface area contributed by atoms with E-state index in [1.807, 2.05) is 18.2 Å². The van der Waals surface area contributed by atoms with E-state index in [9.17, 15) is 0 Å². The Balaban J connectivity index is 3.06. The van der Waals surface area contributed by atoms with Crippen molar-refractivity contribution in [2.45, 2.75) is 0 Å². The molecule has 1 rings (SSSR count). The standard InChI is InChI=1S/C8H9O2.Zn/c1-9-7-5-3-4-6-8(7)10-2;/h3,5-6H,1-2H3;. The summed E-state index contributed by atoms with van der Waals surface area (Å²) in [5.41, 5.74) is 0. The third-order valence-electron chi connectivity index (χ3n) is 1.45. The first-order valence-electron chi connectivity index (χ1n) is 3.32. The molecular weight excluding hydrogens is 193 g/mol. The van der Waals surface area contributed by atoms with E-state index in [0.29, 0.717) is 0 Å². The fourth-order valence-electron chi connectivity index (χ4n) is 0.881. The van der Waals surface area contributed by atoms with Gasteiger partial charge in [0.25, 0.3) is 0 Å². The van der Waals surface area contributed by atoms with Gasteiger partial charge in [-0.1, -0.05) is 0 Å². The molecule has 0 amide bonds. The Hall–Kier alpha value is -0.557. The van der Waals surface area contributed by atoms with Crippen molar-refractivity contribution in [3.05, 3.63) is 18.2 Å². The molecule has 0 aliphatic carbocycles. The van der Waals surface area contributed by atoms with Crippen LogP contribution in [0.15, 0.2) is 18.2 Å². The average molecular weight is 203 g/mol. The SMILES string of the molecule is COc1cc[c]([Zn])cc1OC. The normalized spacial score (nSPS) is 9.45. The van der Waals surface area contributed by atoms with Crippen LogP contribution >= 0.6 is 0 Å². The molecule has 0 fully saturated rings. The summed E-state index contributed by atoms with van der Waals surface area (Å²) in [5.74, 6) is 1.61. The Bertz CT molecular complexity index is 248. The van der Waals surface area contributed by atoms with Gasteiger partial charge in [-0.2, -0.15) is 0 Å². The predicted octanol–water partition coefficient (Wildman–Crippen LogP) is 0.876. The minimum atomic E-state index is 0.796. The molecule has 2 nitrogen and oxygen atoms in total. The minimum absolute atomic E-state index is 0.796. The van der Waals surface area contributed by atoms with Crippen LogP contribution in [0.5, 0.6) is 11.5 Å². The zero-order chi connectivity index (χ0) is 8.27. The number of hydrogen-bond donors (Lipinski definition) is 0. The summed E-state index contributed by atoms with van der Waals surface area (Å²) in [7, 11) is 3.29. The van der Waals surface area contributed by atoms with Crippen LogP contribution in [-0.2, 0) is 18.3 Å². The third-order valence-corrected chi connectivity index (χ3v) is 2.37. The molecule has 0 aliphatic heterocycles.